The van der Waals surface area contributed by atoms with Gasteiger partial charge >= 0.3 is 0 Å². The fraction of sp³-hybridized carbons (Fsp3) is 0.286. The molecule has 2 aromatic heterocycles. The van der Waals surface area contributed by atoms with E-state index in [0.717, 1.165) is 60.2 Å². The van der Waals surface area contributed by atoms with Gasteiger partial charge in [0.25, 0.3) is 5.56 Å². The van der Waals surface area contributed by atoms with E-state index in [1.165, 1.54) is 17.3 Å². The molecule has 0 radical (unpaired) electrons. The van der Waals surface area contributed by atoms with Gasteiger partial charge in [-0.15, -0.1) is 0 Å². The van der Waals surface area contributed by atoms with Gasteiger partial charge in [0.05, 0.1) is 24.1 Å². The number of furan rings is 1. The molecule has 7 heteroatoms. The summed E-state index contributed by atoms with van der Waals surface area (Å²) < 4.78 is 7.42. The Morgan fingerprint density at radius 2 is 1.89 bits per heavy atom. The van der Waals surface area contributed by atoms with Crippen LogP contribution in [0.15, 0.2) is 75.2 Å². The Hall–Kier alpha value is -2.47. The van der Waals surface area contributed by atoms with Crippen LogP contribution in [-0.2, 0) is 24.1 Å². The molecule has 2 aliphatic carbocycles. The molecule has 6 rings (SSSR count). The molecule has 0 atom stereocenters. The van der Waals surface area contributed by atoms with E-state index in [9.17, 15) is 4.79 Å². The van der Waals surface area contributed by atoms with Crippen molar-refractivity contribution in [2.45, 2.75) is 55.0 Å². The van der Waals surface area contributed by atoms with Crippen LogP contribution in [0.4, 0.5) is 0 Å². The SMILES string of the molecule is O=c1c2c(nc(SCc3ccc(Cl)cc3Cl)n1Cc1ccco1)-c1ccccc1CC21CCCC1. The largest absolute Gasteiger partial charge is 0.467 e. The van der Waals surface area contributed by atoms with Crippen LogP contribution in [0.25, 0.3) is 11.3 Å². The number of benzene rings is 2. The summed E-state index contributed by atoms with van der Waals surface area (Å²) in [5.74, 6) is 1.31. The molecule has 1 fully saturated rings. The Balaban J connectivity index is 1.51. The minimum atomic E-state index is -0.138. The van der Waals surface area contributed by atoms with Crippen molar-refractivity contribution in [3.63, 3.8) is 0 Å². The summed E-state index contributed by atoms with van der Waals surface area (Å²) in [6.07, 6.45) is 6.88. The third-order valence-electron chi connectivity index (χ3n) is 7.29. The van der Waals surface area contributed by atoms with Gasteiger partial charge in [-0.3, -0.25) is 9.36 Å². The van der Waals surface area contributed by atoms with Crippen LogP contribution in [0.3, 0.4) is 0 Å². The van der Waals surface area contributed by atoms with Crippen LogP contribution in [0, 0.1) is 0 Å². The van der Waals surface area contributed by atoms with Crippen molar-refractivity contribution in [1.29, 1.82) is 0 Å². The number of fused-ring (bicyclic) bond motifs is 4. The van der Waals surface area contributed by atoms with E-state index in [1.54, 1.807) is 16.9 Å². The van der Waals surface area contributed by atoms with Crippen LogP contribution in [-0.4, -0.2) is 9.55 Å². The van der Waals surface area contributed by atoms with Crippen molar-refractivity contribution in [1.82, 2.24) is 9.55 Å². The molecule has 0 N–H and O–H groups in total. The average Bonchev–Trinajstić information content (AvgIpc) is 3.53. The van der Waals surface area contributed by atoms with Gasteiger partial charge in [0.1, 0.15) is 5.76 Å². The van der Waals surface area contributed by atoms with Crippen LogP contribution in [0.2, 0.25) is 10.0 Å². The lowest BCUT2D eigenvalue weighted by atomic mass is 9.68. The predicted octanol–water partition coefficient (Wildman–Crippen LogP) is 7.52. The second-order valence-corrected chi connectivity index (χ2v) is 11.2. The Labute approximate surface area is 218 Å². The van der Waals surface area contributed by atoms with Gasteiger partial charge in [0, 0.05) is 26.8 Å². The molecule has 0 aliphatic heterocycles. The fourth-order valence-corrected chi connectivity index (χ4v) is 7.18. The Morgan fingerprint density at radius 3 is 2.66 bits per heavy atom. The van der Waals surface area contributed by atoms with E-state index in [0.29, 0.717) is 27.5 Å². The summed E-state index contributed by atoms with van der Waals surface area (Å²) in [6.45, 7) is 0.348. The van der Waals surface area contributed by atoms with Crippen LogP contribution in [0.5, 0.6) is 0 Å². The van der Waals surface area contributed by atoms with E-state index in [-0.39, 0.29) is 11.0 Å². The number of rotatable bonds is 5. The second-order valence-electron chi connectivity index (χ2n) is 9.43. The summed E-state index contributed by atoms with van der Waals surface area (Å²) >= 11 is 14.0. The normalized spacial score (nSPS) is 15.8. The summed E-state index contributed by atoms with van der Waals surface area (Å²) in [5.41, 5.74) is 4.95. The lowest BCUT2D eigenvalue weighted by Gasteiger charge is -2.36. The zero-order valence-corrected chi connectivity index (χ0v) is 21.4. The number of hydrogen-bond donors (Lipinski definition) is 0. The molecule has 178 valence electrons. The van der Waals surface area contributed by atoms with Gasteiger partial charge in [0.2, 0.25) is 0 Å². The predicted molar refractivity (Wildman–Crippen MR) is 142 cm³/mol. The average molecular weight is 523 g/mol. The topological polar surface area (TPSA) is 48.0 Å². The molecule has 1 saturated carbocycles. The number of thioether (sulfide) groups is 1. The summed E-state index contributed by atoms with van der Waals surface area (Å²) in [4.78, 5) is 19.5. The van der Waals surface area contributed by atoms with Gasteiger partial charge < -0.3 is 4.42 Å². The third kappa shape index (κ3) is 4.14. The molecule has 0 unspecified atom stereocenters. The Morgan fingerprint density at radius 1 is 1.06 bits per heavy atom. The van der Waals surface area contributed by atoms with E-state index >= 15 is 0 Å². The fourth-order valence-electron chi connectivity index (χ4n) is 5.63. The first-order valence-corrected chi connectivity index (χ1v) is 13.6. The molecule has 0 bridgehead atoms. The Bertz CT molecular complexity index is 1460. The van der Waals surface area contributed by atoms with Gasteiger partial charge in [-0.05, 0) is 54.7 Å². The first-order chi connectivity index (χ1) is 17.0. The first-order valence-electron chi connectivity index (χ1n) is 11.9. The van der Waals surface area contributed by atoms with Crippen molar-refractivity contribution in [2.24, 2.45) is 0 Å². The molecule has 0 amide bonds. The highest BCUT2D eigenvalue weighted by Crippen LogP contribution is 2.50. The number of halogens is 2. The molecule has 2 aromatic carbocycles. The maximum Gasteiger partial charge on any atom is 0.258 e. The quantitative estimate of drug-likeness (QED) is 0.201. The number of hydrogen-bond acceptors (Lipinski definition) is 4. The molecule has 4 nitrogen and oxygen atoms in total. The zero-order valence-electron chi connectivity index (χ0n) is 19.1. The highest BCUT2D eigenvalue weighted by atomic mass is 35.5. The summed E-state index contributed by atoms with van der Waals surface area (Å²) in [6, 6.07) is 17.7. The van der Waals surface area contributed by atoms with Gasteiger partial charge in [-0.2, -0.15) is 0 Å². The highest BCUT2D eigenvalue weighted by molar-refractivity contribution is 7.98. The highest BCUT2D eigenvalue weighted by Gasteiger charge is 2.44. The molecular formula is C28H24Cl2N2O2S. The lowest BCUT2D eigenvalue weighted by Crippen LogP contribution is -2.40. The minimum Gasteiger partial charge on any atom is -0.467 e. The van der Waals surface area contributed by atoms with Gasteiger partial charge in [0.15, 0.2) is 5.16 Å². The van der Waals surface area contributed by atoms with E-state index in [4.69, 9.17) is 32.6 Å². The van der Waals surface area contributed by atoms with Crippen LogP contribution in [0.1, 0.15) is 48.1 Å². The van der Waals surface area contributed by atoms with Crippen LogP contribution < -0.4 is 5.56 Å². The van der Waals surface area contributed by atoms with Crippen LogP contribution >= 0.6 is 35.0 Å². The van der Waals surface area contributed by atoms with Gasteiger partial charge in [-0.1, -0.05) is 78.1 Å². The monoisotopic (exact) mass is 522 g/mol. The maximum absolute atomic E-state index is 14.3. The molecule has 4 aromatic rings. The molecule has 1 spiro atoms. The number of aromatic nitrogens is 2. The smallest absolute Gasteiger partial charge is 0.258 e. The van der Waals surface area contributed by atoms with E-state index < -0.39 is 0 Å². The van der Waals surface area contributed by atoms with Crippen molar-refractivity contribution >= 4 is 35.0 Å². The molecule has 0 saturated heterocycles. The van der Waals surface area contributed by atoms with Crippen molar-refractivity contribution in [3.8, 4) is 11.3 Å². The summed E-state index contributed by atoms with van der Waals surface area (Å²) in [5, 5.41) is 1.88. The third-order valence-corrected chi connectivity index (χ3v) is 8.90. The van der Waals surface area contributed by atoms with Crippen molar-refractivity contribution in [3.05, 3.63) is 104 Å². The summed E-state index contributed by atoms with van der Waals surface area (Å²) in [7, 11) is 0. The minimum absolute atomic E-state index is 0.0486. The maximum atomic E-state index is 14.3. The first kappa shape index (κ1) is 23.0. The molecular weight excluding hydrogens is 499 g/mol. The van der Waals surface area contributed by atoms with Gasteiger partial charge in [-0.25, -0.2) is 4.98 Å². The Kier molecular flexibility index (Phi) is 6.03. The number of nitrogens with zero attached hydrogens (tertiary/aromatic N) is 2. The van der Waals surface area contributed by atoms with Crippen molar-refractivity contribution < 1.29 is 4.42 Å². The van der Waals surface area contributed by atoms with Crippen molar-refractivity contribution in [2.75, 3.05) is 0 Å². The van der Waals surface area contributed by atoms with E-state index in [1.807, 2.05) is 30.3 Å². The standard InChI is InChI=1S/C28H24Cl2N2O2S/c29-20-10-9-19(23(30)14-20)17-35-27-31-25-22-8-2-1-6-18(22)15-28(11-3-4-12-28)24(25)26(33)32(27)16-21-7-5-13-34-21/h1-2,5-10,13-14H,3-4,11-12,15-17H2. The lowest BCUT2D eigenvalue weighted by molar-refractivity contribution is 0.411. The zero-order chi connectivity index (χ0) is 24.0. The molecule has 2 aliphatic rings. The van der Waals surface area contributed by atoms with E-state index in [2.05, 4.69) is 18.2 Å². The molecule has 2 heterocycles. The molecule has 35 heavy (non-hydrogen) atoms. The second kappa shape index (κ2) is 9.20.